The summed E-state index contributed by atoms with van der Waals surface area (Å²) in [5.74, 6) is 0. The molecule has 1 N–H and O–H groups in total. The molecule has 20 heavy (non-hydrogen) atoms. The van der Waals surface area contributed by atoms with Crippen molar-refractivity contribution >= 4 is 9.84 Å². The molecule has 0 bridgehead atoms. The van der Waals surface area contributed by atoms with Crippen LogP contribution in [0.4, 0.5) is 0 Å². The van der Waals surface area contributed by atoms with Gasteiger partial charge in [-0.1, -0.05) is 29.8 Å². The van der Waals surface area contributed by atoms with Crippen LogP contribution in [0.5, 0.6) is 0 Å². The van der Waals surface area contributed by atoms with Gasteiger partial charge in [0, 0.05) is 6.20 Å². The molecule has 1 aromatic carbocycles. The van der Waals surface area contributed by atoms with E-state index in [0.29, 0.717) is 5.56 Å². The number of nitrogens with zero attached hydrogens (tertiary/aromatic N) is 1. The Labute approximate surface area is 119 Å². The van der Waals surface area contributed by atoms with Crippen molar-refractivity contribution in [2.24, 2.45) is 0 Å². The molecule has 0 aliphatic rings. The average molecular weight is 291 g/mol. The van der Waals surface area contributed by atoms with Crippen molar-refractivity contribution in [1.82, 2.24) is 4.98 Å². The Bertz CT molecular complexity index is 696. The molecule has 0 aliphatic carbocycles. The molecular weight excluding hydrogens is 274 g/mol. The van der Waals surface area contributed by atoms with E-state index in [2.05, 4.69) is 4.98 Å². The van der Waals surface area contributed by atoms with Crippen LogP contribution in [0.3, 0.4) is 0 Å². The molecule has 0 aliphatic heterocycles. The van der Waals surface area contributed by atoms with E-state index in [1.165, 1.54) is 12.3 Å². The minimum absolute atomic E-state index is 0.0139. The normalized spacial score (nSPS) is 13.2. The maximum absolute atomic E-state index is 12.6. The summed E-state index contributed by atoms with van der Waals surface area (Å²) in [6.45, 7) is 3.26. The first kappa shape index (κ1) is 14.7. The summed E-state index contributed by atoms with van der Waals surface area (Å²) in [6, 6.07) is 10.3. The number of sulfone groups is 1. The van der Waals surface area contributed by atoms with Gasteiger partial charge in [-0.2, -0.15) is 0 Å². The Morgan fingerprint density at radius 3 is 2.55 bits per heavy atom. The zero-order valence-electron chi connectivity index (χ0n) is 11.4. The first-order chi connectivity index (χ1) is 9.46. The number of hydrogen-bond acceptors (Lipinski definition) is 4. The van der Waals surface area contributed by atoms with E-state index in [-0.39, 0.29) is 5.03 Å². The Kier molecular flexibility index (Phi) is 4.20. The SMILES string of the molecule is Cc1ccc(C)c([C@@H](CO)S(=O)(=O)c2ccccn2)c1. The molecule has 2 rings (SSSR count). The van der Waals surface area contributed by atoms with Gasteiger partial charge in [0.25, 0.3) is 0 Å². The largest absolute Gasteiger partial charge is 0.395 e. The van der Waals surface area contributed by atoms with Gasteiger partial charge in [-0.05, 0) is 37.1 Å². The zero-order chi connectivity index (χ0) is 14.8. The molecule has 0 fully saturated rings. The predicted octanol–water partition coefficient (Wildman–Crippen LogP) is 2.21. The second kappa shape index (κ2) is 5.73. The van der Waals surface area contributed by atoms with Gasteiger partial charge in [0.05, 0.1) is 6.61 Å². The third-order valence-corrected chi connectivity index (χ3v) is 5.23. The summed E-state index contributed by atoms with van der Waals surface area (Å²) in [6.07, 6.45) is 1.43. The molecule has 0 radical (unpaired) electrons. The van der Waals surface area contributed by atoms with E-state index in [1.54, 1.807) is 18.2 Å². The van der Waals surface area contributed by atoms with Crippen molar-refractivity contribution < 1.29 is 13.5 Å². The van der Waals surface area contributed by atoms with Gasteiger partial charge >= 0.3 is 0 Å². The predicted molar refractivity (Wildman–Crippen MR) is 77.2 cm³/mol. The Morgan fingerprint density at radius 1 is 1.20 bits per heavy atom. The highest BCUT2D eigenvalue weighted by atomic mass is 32.2. The Balaban J connectivity index is 2.55. The van der Waals surface area contributed by atoms with Gasteiger partial charge in [0.1, 0.15) is 5.25 Å². The van der Waals surface area contributed by atoms with Crippen molar-refractivity contribution in [1.29, 1.82) is 0 Å². The monoisotopic (exact) mass is 291 g/mol. The van der Waals surface area contributed by atoms with Crippen LogP contribution in [0.15, 0.2) is 47.6 Å². The molecular formula is C15H17NO3S. The van der Waals surface area contributed by atoms with Crippen LogP contribution in [-0.4, -0.2) is 25.1 Å². The van der Waals surface area contributed by atoms with Gasteiger partial charge in [0.2, 0.25) is 9.84 Å². The summed E-state index contributed by atoms with van der Waals surface area (Å²) in [4.78, 5) is 3.90. The third-order valence-electron chi connectivity index (χ3n) is 3.25. The van der Waals surface area contributed by atoms with Crippen LogP contribution in [0.1, 0.15) is 21.9 Å². The molecule has 1 aromatic heterocycles. The van der Waals surface area contributed by atoms with Gasteiger partial charge < -0.3 is 5.11 Å². The first-order valence-electron chi connectivity index (χ1n) is 6.29. The lowest BCUT2D eigenvalue weighted by molar-refractivity contribution is 0.291. The van der Waals surface area contributed by atoms with E-state index >= 15 is 0 Å². The Morgan fingerprint density at radius 2 is 1.95 bits per heavy atom. The van der Waals surface area contributed by atoms with E-state index in [0.717, 1.165) is 11.1 Å². The van der Waals surface area contributed by atoms with Crippen molar-refractivity contribution in [3.8, 4) is 0 Å². The number of hydrogen-bond donors (Lipinski definition) is 1. The molecule has 5 heteroatoms. The molecule has 1 atom stereocenters. The van der Waals surface area contributed by atoms with Crippen LogP contribution in [0.2, 0.25) is 0 Å². The number of aliphatic hydroxyl groups is 1. The average Bonchev–Trinajstić information content (AvgIpc) is 2.44. The Hall–Kier alpha value is -1.72. The lowest BCUT2D eigenvalue weighted by atomic mass is 10.0. The maximum Gasteiger partial charge on any atom is 0.204 e. The molecule has 0 unspecified atom stereocenters. The minimum Gasteiger partial charge on any atom is -0.395 e. The molecule has 1 heterocycles. The highest BCUT2D eigenvalue weighted by molar-refractivity contribution is 7.91. The van der Waals surface area contributed by atoms with Gasteiger partial charge in [0.15, 0.2) is 5.03 Å². The molecule has 0 saturated heterocycles. The second-order valence-corrected chi connectivity index (χ2v) is 6.82. The van der Waals surface area contributed by atoms with Gasteiger partial charge in [-0.3, -0.25) is 0 Å². The van der Waals surface area contributed by atoms with Crippen LogP contribution in [0, 0.1) is 13.8 Å². The molecule has 0 amide bonds. The van der Waals surface area contributed by atoms with E-state index in [1.807, 2.05) is 26.0 Å². The number of rotatable bonds is 4. The second-order valence-electron chi connectivity index (χ2n) is 4.74. The fourth-order valence-electron chi connectivity index (χ4n) is 2.13. The lowest BCUT2D eigenvalue weighted by Gasteiger charge is -2.18. The fraction of sp³-hybridized carbons (Fsp3) is 0.267. The van der Waals surface area contributed by atoms with Crippen LogP contribution >= 0.6 is 0 Å². The number of aromatic nitrogens is 1. The quantitative estimate of drug-likeness (QED) is 0.937. The molecule has 0 spiro atoms. The van der Waals surface area contributed by atoms with E-state index in [4.69, 9.17) is 0 Å². The maximum atomic E-state index is 12.6. The van der Waals surface area contributed by atoms with E-state index in [9.17, 15) is 13.5 Å². The van der Waals surface area contributed by atoms with Crippen LogP contribution in [-0.2, 0) is 9.84 Å². The van der Waals surface area contributed by atoms with Crippen molar-refractivity contribution in [2.75, 3.05) is 6.61 Å². The number of aliphatic hydroxyl groups excluding tert-OH is 1. The third kappa shape index (κ3) is 2.73. The minimum atomic E-state index is -3.70. The van der Waals surface area contributed by atoms with Crippen molar-refractivity contribution in [3.05, 3.63) is 59.3 Å². The number of benzene rings is 1. The molecule has 0 saturated carbocycles. The highest BCUT2D eigenvalue weighted by Gasteiger charge is 2.30. The summed E-state index contributed by atoms with van der Waals surface area (Å²) < 4.78 is 25.2. The fourth-order valence-corrected chi connectivity index (χ4v) is 3.68. The van der Waals surface area contributed by atoms with Gasteiger partial charge in [-0.25, -0.2) is 13.4 Å². The van der Waals surface area contributed by atoms with Crippen molar-refractivity contribution in [3.63, 3.8) is 0 Å². The molecule has 4 nitrogen and oxygen atoms in total. The molecule has 2 aromatic rings. The number of pyridine rings is 1. The van der Waals surface area contributed by atoms with Gasteiger partial charge in [-0.15, -0.1) is 0 Å². The summed E-state index contributed by atoms with van der Waals surface area (Å²) >= 11 is 0. The highest BCUT2D eigenvalue weighted by Crippen LogP contribution is 2.30. The van der Waals surface area contributed by atoms with Crippen LogP contribution in [0.25, 0.3) is 0 Å². The lowest BCUT2D eigenvalue weighted by Crippen LogP contribution is -2.19. The topological polar surface area (TPSA) is 67.3 Å². The summed E-state index contributed by atoms with van der Waals surface area (Å²) in [5.41, 5.74) is 2.42. The van der Waals surface area contributed by atoms with Crippen molar-refractivity contribution in [2.45, 2.75) is 24.1 Å². The summed E-state index contributed by atoms with van der Waals surface area (Å²) in [5, 5.41) is 8.58. The first-order valence-corrected chi connectivity index (χ1v) is 7.84. The zero-order valence-corrected chi connectivity index (χ0v) is 12.3. The van der Waals surface area contributed by atoms with E-state index < -0.39 is 21.7 Å². The van der Waals surface area contributed by atoms with Crippen LogP contribution < -0.4 is 0 Å². The standard InChI is InChI=1S/C15H17NO3S/c1-11-6-7-12(2)13(9-11)14(10-17)20(18,19)15-5-3-4-8-16-15/h3-9,14,17H,10H2,1-2H3/t14-/m1/s1. The summed E-state index contributed by atoms with van der Waals surface area (Å²) in [7, 11) is -3.70. The smallest absolute Gasteiger partial charge is 0.204 e. The number of aryl methyl sites for hydroxylation is 2. The molecule has 106 valence electrons.